The Morgan fingerprint density at radius 1 is 1.29 bits per heavy atom. The van der Waals surface area contributed by atoms with E-state index in [0.29, 0.717) is 5.69 Å². The third kappa shape index (κ3) is 2.24. The van der Waals surface area contributed by atoms with Gasteiger partial charge in [0.25, 0.3) is 10.1 Å². The van der Waals surface area contributed by atoms with Gasteiger partial charge in [0.05, 0.1) is 5.69 Å². The topological polar surface area (TPSA) is 57.6 Å². The molecule has 1 aromatic rings. The molecule has 0 fully saturated rings. The van der Waals surface area contributed by atoms with Crippen molar-refractivity contribution in [2.24, 2.45) is 0 Å². The molecule has 0 amide bonds. The number of hydrogen-bond donors (Lipinski definition) is 1. The molecule has 0 aliphatic carbocycles. The molecular formula is C9H13NO3S. The lowest BCUT2D eigenvalue weighted by Crippen LogP contribution is -2.13. The number of aryl methyl sites for hydroxylation is 1. The first-order chi connectivity index (χ1) is 6.32. The second-order valence-electron chi connectivity index (χ2n) is 3.34. The van der Waals surface area contributed by atoms with Gasteiger partial charge in [0, 0.05) is 14.1 Å². The molecule has 1 N–H and O–H groups in total. The summed E-state index contributed by atoms with van der Waals surface area (Å²) in [6.45, 7) is 1.86. The average Bonchev–Trinajstić information content (AvgIpc) is 2.01. The third-order valence-electron chi connectivity index (χ3n) is 1.87. The molecule has 0 radical (unpaired) electrons. The van der Waals surface area contributed by atoms with E-state index in [-0.39, 0.29) is 4.90 Å². The Balaban J connectivity index is 3.45. The molecule has 4 nitrogen and oxygen atoms in total. The second-order valence-corrected chi connectivity index (χ2v) is 4.73. The zero-order valence-electron chi connectivity index (χ0n) is 8.35. The van der Waals surface area contributed by atoms with Gasteiger partial charge < -0.3 is 4.90 Å². The van der Waals surface area contributed by atoms with Gasteiger partial charge in [-0.15, -0.1) is 0 Å². The summed E-state index contributed by atoms with van der Waals surface area (Å²) < 4.78 is 31.0. The van der Waals surface area contributed by atoms with E-state index in [9.17, 15) is 8.42 Å². The van der Waals surface area contributed by atoms with Gasteiger partial charge >= 0.3 is 0 Å². The van der Waals surface area contributed by atoms with Gasteiger partial charge in [-0.05, 0) is 24.6 Å². The lowest BCUT2D eigenvalue weighted by molar-refractivity contribution is 0.483. The molecule has 5 heteroatoms. The van der Waals surface area contributed by atoms with Gasteiger partial charge in [-0.25, -0.2) is 0 Å². The first kappa shape index (κ1) is 11.0. The summed E-state index contributed by atoms with van der Waals surface area (Å²) in [6.07, 6.45) is 0. The summed E-state index contributed by atoms with van der Waals surface area (Å²) in [7, 11) is -0.686. The predicted molar refractivity (Wildman–Crippen MR) is 55.3 cm³/mol. The Morgan fingerprint density at radius 2 is 1.86 bits per heavy atom. The highest BCUT2D eigenvalue weighted by Crippen LogP contribution is 2.24. The van der Waals surface area contributed by atoms with E-state index in [1.807, 2.05) is 6.92 Å². The van der Waals surface area contributed by atoms with Crippen LogP contribution in [0.4, 0.5) is 5.69 Å². The molecule has 14 heavy (non-hydrogen) atoms. The van der Waals surface area contributed by atoms with Crippen LogP contribution in [0.5, 0.6) is 0 Å². The first-order valence-electron chi connectivity index (χ1n) is 4.08. The number of benzene rings is 1. The van der Waals surface area contributed by atoms with E-state index >= 15 is 0 Å². The van der Waals surface area contributed by atoms with Crippen LogP contribution in [0.15, 0.2) is 23.1 Å². The molecule has 0 aromatic heterocycles. The van der Waals surface area contributed by atoms with Crippen LogP contribution < -0.4 is 4.90 Å². The zero-order valence-corrected chi connectivity index (χ0v) is 9.17. The number of nitrogens with zero attached hydrogens (tertiary/aromatic N) is 1. The van der Waals surface area contributed by atoms with Crippen molar-refractivity contribution in [2.75, 3.05) is 19.0 Å². The Labute approximate surface area is 83.9 Å². The SMILES string of the molecule is Cc1ccc(S(=O)(=O)O)c(N(C)C)c1. The molecule has 0 unspecified atom stereocenters. The van der Waals surface area contributed by atoms with Gasteiger partial charge in [-0.1, -0.05) is 6.07 Å². The predicted octanol–water partition coefficient (Wildman–Crippen LogP) is 1.31. The van der Waals surface area contributed by atoms with Crippen molar-refractivity contribution < 1.29 is 13.0 Å². The molecule has 0 aliphatic heterocycles. The zero-order chi connectivity index (χ0) is 10.9. The highest BCUT2D eigenvalue weighted by atomic mass is 32.2. The van der Waals surface area contributed by atoms with E-state index in [1.165, 1.54) is 6.07 Å². The smallest absolute Gasteiger partial charge is 0.296 e. The van der Waals surface area contributed by atoms with Crippen LogP contribution in [0, 0.1) is 6.92 Å². The molecular weight excluding hydrogens is 202 g/mol. The third-order valence-corrected chi connectivity index (χ3v) is 2.78. The van der Waals surface area contributed by atoms with Gasteiger partial charge in [0.1, 0.15) is 4.90 Å². The van der Waals surface area contributed by atoms with Gasteiger partial charge in [-0.2, -0.15) is 8.42 Å². The van der Waals surface area contributed by atoms with E-state index in [2.05, 4.69) is 0 Å². The lowest BCUT2D eigenvalue weighted by Gasteiger charge is -2.16. The average molecular weight is 215 g/mol. The normalized spacial score (nSPS) is 11.4. The fraction of sp³-hybridized carbons (Fsp3) is 0.333. The second kappa shape index (κ2) is 3.59. The maximum atomic E-state index is 11.0. The van der Waals surface area contributed by atoms with E-state index in [0.717, 1.165) is 5.56 Å². The molecule has 78 valence electrons. The number of anilines is 1. The molecule has 0 saturated carbocycles. The highest BCUT2D eigenvalue weighted by Gasteiger charge is 2.16. The minimum Gasteiger partial charge on any atom is -0.377 e. The van der Waals surface area contributed by atoms with Crippen LogP contribution in [0.25, 0.3) is 0 Å². The van der Waals surface area contributed by atoms with Crippen molar-refractivity contribution in [2.45, 2.75) is 11.8 Å². The Kier molecular flexibility index (Phi) is 2.82. The lowest BCUT2D eigenvalue weighted by atomic mass is 10.2. The Hall–Kier alpha value is -1.07. The van der Waals surface area contributed by atoms with Crippen LogP contribution in [-0.2, 0) is 10.1 Å². The van der Waals surface area contributed by atoms with Gasteiger partial charge in [0.15, 0.2) is 0 Å². The molecule has 0 atom stereocenters. The number of hydrogen-bond acceptors (Lipinski definition) is 3. The fourth-order valence-corrected chi connectivity index (χ4v) is 1.94. The van der Waals surface area contributed by atoms with E-state index < -0.39 is 10.1 Å². The number of rotatable bonds is 2. The Bertz CT molecular complexity index is 437. The van der Waals surface area contributed by atoms with Crippen molar-refractivity contribution in [1.82, 2.24) is 0 Å². The maximum Gasteiger partial charge on any atom is 0.296 e. The molecule has 0 aliphatic rings. The largest absolute Gasteiger partial charge is 0.377 e. The fourth-order valence-electron chi connectivity index (χ4n) is 1.20. The summed E-state index contributed by atoms with van der Waals surface area (Å²) in [5, 5.41) is 0. The summed E-state index contributed by atoms with van der Waals surface area (Å²) in [5.41, 5.74) is 1.44. The molecule has 1 rings (SSSR count). The molecule has 0 bridgehead atoms. The summed E-state index contributed by atoms with van der Waals surface area (Å²) in [4.78, 5) is 1.59. The summed E-state index contributed by atoms with van der Waals surface area (Å²) >= 11 is 0. The summed E-state index contributed by atoms with van der Waals surface area (Å²) in [6, 6.07) is 4.76. The highest BCUT2D eigenvalue weighted by molar-refractivity contribution is 7.86. The summed E-state index contributed by atoms with van der Waals surface area (Å²) in [5.74, 6) is 0. The van der Waals surface area contributed by atoms with Crippen molar-refractivity contribution in [3.05, 3.63) is 23.8 Å². The standard InChI is InChI=1S/C9H13NO3S/c1-7-4-5-9(14(11,12)13)8(6-7)10(2)3/h4-6H,1-3H3,(H,11,12,13). The van der Waals surface area contributed by atoms with Crippen molar-refractivity contribution in [3.8, 4) is 0 Å². The van der Waals surface area contributed by atoms with Crippen LogP contribution in [0.3, 0.4) is 0 Å². The molecule has 0 saturated heterocycles. The van der Waals surface area contributed by atoms with Crippen LogP contribution >= 0.6 is 0 Å². The van der Waals surface area contributed by atoms with Crippen LogP contribution in [-0.4, -0.2) is 27.1 Å². The van der Waals surface area contributed by atoms with E-state index in [1.54, 1.807) is 31.1 Å². The van der Waals surface area contributed by atoms with E-state index in [4.69, 9.17) is 4.55 Å². The van der Waals surface area contributed by atoms with Crippen LogP contribution in [0.1, 0.15) is 5.56 Å². The van der Waals surface area contributed by atoms with Gasteiger partial charge in [-0.3, -0.25) is 4.55 Å². The Morgan fingerprint density at radius 3 is 2.29 bits per heavy atom. The van der Waals surface area contributed by atoms with Crippen molar-refractivity contribution in [1.29, 1.82) is 0 Å². The van der Waals surface area contributed by atoms with Gasteiger partial charge in [0.2, 0.25) is 0 Å². The van der Waals surface area contributed by atoms with Crippen molar-refractivity contribution >= 4 is 15.8 Å². The first-order valence-corrected chi connectivity index (χ1v) is 5.52. The molecule has 0 heterocycles. The molecule has 0 spiro atoms. The maximum absolute atomic E-state index is 11.0. The van der Waals surface area contributed by atoms with Crippen LogP contribution in [0.2, 0.25) is 0 Å². The molecule has 1 aromatic carbocycles. The minimum atomic E-state index is -4.14. The van der Waals surface area contributed by atoms with Crippen molar-refractivity contribution in [3.63, 3.8) is 0 Å². The quantitative estimate of drug-likeness (QED) is 0.756. The monoisotopic (exact) mass is 215 g/mol. The minimum absolute atomic E-state index is 0.0619.